The molecule has 1 atom stereocenters. The van der Waals surface area contributed by atoms with Crippen LogP contribution in [-0.2, 0) is 16.1 Å². The molecule has 2 amide bonds. The van der Waals surface area contributed by atoms with Crippen molar-refractivity contribution in [2.45, 2.75) is 78.3 Å². The molecule has 0 spiro atoms. The van der Waals surface area contributed by atoms with Gasteiger partial charge in [0.1, 0.15) is 5.71 Å². The molecule has 0 aromatic heterocycles. The lowest BCUT2D eigenvalue weighted by Gasteiger charge is -2.13. The molecule has 1 aliphatic heterocycles. The van der Waals surface area contributed by atoms with Gasteiger partial charge in [0, 0.05) is 35.3 Å². The van der Waals surface area contributed by atoms with Crippen LogP contribution in [0.3, 0.4) is 0 Å². The summed E-state index contributed by atoms with van der Waals surface area (Å²) in [5.74, 6) is -0.172. The van der Waals surface area contributed by atoms with E-state index in [0.717, 1.165) is 37.7 Å². The molecule has 0 aliphatic carbocycles. The van der Waals surface area contributed by atoms with Gasteiger partial charge in [-0.1, -0.05) is 50.9 Å². The summed E-state index contributed by atoms with van der Waals surface area (Å²) in [5.41, 5.74) is 8.17. The quantitative estimate of drug-likeness (QED) is 0.430. The maximum atomic E-state index is 12.2. The molecule has 0 saturated carbocycles. The molecule has 1 heterocycles. The highest BCUT2D eigenvalue weighted by molar-refractivity contribution is 6.44. The number of unbranched alkanes of at least 4 members (excludes halogenated alkanes) is 1. The number of nitrogens with two attached hydrogens (primary N) is 1. The Bertz CT molecular complexity index is 744. The lowest BCUT2D eigenvalue weighted by atomic mass is 10.00. The van der Waals surface area contributed by atoms with Gasteiger partial charge in [0.25, 0.3) is 5.91 Å². The molecule has 6 nitrogen and oxygen atoms in total. The van der Waals surface area contributed by atoms with Gasteiger partial charge in [-0.25, -0.2) is 0 Å². The average molecular weight is 435 g/mol. The van der Waals surface area contributed by atoms with Gasteiger partial charge in [-0.2, -0.15) is 0 Å². The van der Waals surface area contributed by atoms with Crippen molar-refractivity contribution in [3.63, 3.8) is 0 Å². The van der Waals surface area contributed by atoms with E-state index in [1.165, 1.54) is 0 Å². The predicted octanol–water partition coefficient (Wildman–Crippen LogP) is 4.46. The minimum Gasteiger partial charge on any atom is -0.402 e. The van der Waals surface area contributed by atoms with E-state index in [1.54, 1.807) is 12.1 Å². The van der Waals surface area contributed by atoms with E-state index in [2.05, 4.69) is 24.5 Å². The van der Waals surface area contributed by atoms with Crippen LogP contribution in [0.25, 0.3) is 0 Å². The van der Waals surface area contributed by atoms with Crippen LogP contribution in [0.1, 0.15) is 71.3 Å². The van der Waals surface area contributed by atoms with Crippen molar-refractivity contribution in [1.82, 2.24) is 10.6 Å². The summed E-state index contributed by atoms with van der Waals surface area (Å²) in [6, 6.07) is 7.72. The molecule has 1 aromatic rings. The fourth-order valence-corrected chi connectivity index (χ4v) is 3.13. The number of benzene rings is 1. The molecule has 0 bridgehead atoms. The van der Waals surface area contributed by atoms with Gasteiger partial charge in [0.2, 0.25) is 5.91 Å². The van der Waals surface area contributed by atoms with Crippen LogP contribution in [-0.4, -0.2) is 23.6 Å². The molecule has 5 N–H and O–H groups in total. The van der Waals surface area contributed by atoms with Crippen molar-refractivity contribution < 1.29 is 9.59 Å². The third-order valence-electron chi connectivity index (χ3n) is 5.02. The minimum absolute atomic E-state index is 0.0261. The van der Waals surface area contributed by atoms with Crippen LogP contribution >= 0.6 is 11.6 Å². The number of amides is 2. The number of halogens is 1. The van der Waals surface area contributed by atoms with E-state index in [9.17, 15) is 9.59 Å². The lowest BCUT2D eigenvalue weighted by molar-refractivity contribution is -0.119. The summed E-state index contributed by atoms with van der Waals surface area (Å²) in [7, 11) is 0. The van der Waals surface area contributed by atoms with Gasteiger partial charge in [-0.15, -0.1) is 0 Å². The van der Waals surface area contributed by atoms with Crippen LogP contribution in [0.2, 0.25) is 5.02 Å². The Labute approximate surface area is 185 Å². The smallest absolute Gasteiger partial charge is 0.269 e. The zero-order valence-corrected chi connectivity index (χ0v) is 19.1. The van der Waals surface area contributed by atoms with Gasteiger partial charge in [0.15, 0.2) is 0 Å². The van der Waals surface area contributed by atoms with Crippen LogP contribution in [0.15, 0.2) is 35.5 Å². The zero-order valence-electron chi connectivity index (χ0n) is 18.3. The van der Waals surface area contributed by atoms with Crippen molar-refractivity contribution in [2.75, 3.05) is 0 Å². The molecule has 166 valence electrons. The number of carbonyl (C=O) groups excluding carboxylic acids is 2. The first-order valence-corrected chi connectivity index (χ1v) is 11.1. The van der Waals surface area contributed by atoms with E-state index in [4.69, 9.17) is 22.7 Å². The summed E-state index contributed by atoms with van der Waals surface area (Å²) in [6.07, 6.45) is 6.08. The van der Waals surface area contributed by atoms with E-state index < -0.39 is 5.91 Å². The Kier molecular flexibility index (Phi) is 11.8. The monoisotopic (exact) mass is 434 g/mol. The van der Waals surface area contributed by atoms with Crippen molar-refractivity contribution >= 4 is 29.1 Å². The SMILES string of the molecule is CCC1CCC(=O)N1.CCCC/C(C(=N)C(=O)NCc1ccc(Cl)cc1)=C(/N)CC. The summed E-state index contributed by atoms with van der Waals surface area (Å²) in [5, 5.41) is 14.4. The van der Waals surface area contributed by atoms with Crippen LogP contribution in [0.5, 0.6) is 0 Å². The second-order valence-electron chi connectivity index (χ2n) is 7.36. The van der Waals surface area contributed by atoms with Gasteiger partial charge in [-0.3, -0.25) is 15.0 Å². The van der Waals surface area contributed by atoms with Gasteiger partial charge >= 0.3 is 0 Å². The number of hydrogen-bond donors (Lipinski definition) is 4. The summed E-state index contributed by atoms with van der Waals surface area (Å²) >= 11 is 5.82. The first-order valence-electron chi connectivity index (χ1n) is 10.7. The van der Waals surface area contributed by atoms with E-state index in [1.807, 2.05) is 19.1 Å². The normalized spacial score (nSPS) is 16.1. The van der Waals surface area contributed by atoms with Gasteiger partial charge < -0.3 is 16.4 Å². The van der Waals surface area contributed by atoms with E-state index in [-0.39, 0.29) is 11.6 Å². The Morgan fingerprint density at radius 3 is 2.40 bits per heavy atom. The van der Waals surface area contributed by atoms with Gasteiger partial charge in [0.05, 0.1) is 0 Å². The molecular formula is C23H35ClN4O2. The highest BCUT2D eigenvalue weighted by atomic mass is 35.5. The number of rotatable bonds is 9. The van der Waals surface area contributed by atoms with Crippen molar-refractivity contribution in [2.24, 2.45) is 5.73 Å². The molecule has 7 heteroatoms. The van der Waals surface area contributed by atoms with Crippen LogP contribution < -0.4 is 16.4 Å². The fourth-order valence-electron chi connectivity index (χ4n) is 3.01. The molecular weight excluding hydrogens is 400 g/mol. The molecule has 30 heavy (non-hydrogen) atoms. The maximum Gasteiger partial charge on any atom is 0.269 e. The van der Waals surface area contributed by atoms with Crippen molar-refractivity contribution in [1.29, 1.82) is 5.41 Å². The topological polar surface area (TPSA) is 108 Å². The molecule has 1 saturated heterocycles. The number of carbonyl (C=O) groups is 2. The molecule has 2 rings (SSSR count). The third-order valence-corrected chi connectivity index (χ3v) is 5.27. The maximum absolute atomic E-state index is 12.2. The fraction of sp³-hybridized carbons (Fsp3) is 0.522. The van der Waals surface area contributed by atoms with Gasteiger partial charge in [-0.05, 0) is 49.8 Å². The lowest BCUT2D eigenvalue weighted by Crippen LogP contribution is -2.32. The Balaban J connectivity index is 0.000000467. The summed E-state index contributed by atoms with van der Waals surface area (Å²) < 4.78 is 0. The Morgan fingerprint density at radius 2 is 1.93 bits per heavy atom. The van der Waals surface area contributed by atoms with Crippen molar-refractivity contribution in [3.05, 3.63) is 46.1 Å². The van der Waals surface area contributed by atoms with E-state index >= 15 is 0 Å². The largest absolute Gasteiger partial charge is 0.402 e. The number of nitrogens with one attached hydrogen (secondary N) is 3. The molecule has 1 aromatic carbocycles. The third kappa shape index (κ3) is 8.99. The molecule has 1 unspecified atom stereocenters. The first kappa shape index (κ1) is 25.7. The zero-order chi connectivity index (χ0) is 22.5. The highest BCUT2D eigenvalue weighted by Crippen LogP contribution is 2.14. The standard InChI is InChI=1S/C17H24ClN3O.C6H11NO/c1-3-5-6-14(15(19)4-2)16(20)17(22)21-11-12-7-9-13(18)10-8-12;1-2-5-3-4-6(8)7-5/h7-10,20H,3-6,11,19H2,1-2H3,(H,21,22);5H,2-4H2,1H3,(H,7,8)/b15-14-,20-16?;. The van der Waals surface area contributed by atoms with Crippen LogP contribution in [0, 0.1) is 5.41 Å². The van der Waals surface area contributed by atoms with E-state index in [0.29, 0.717) is 41.7 Å². The second-order valence-corrected chi connectivity index (χ2v) is 7.79. The summed E-state index contributed by atoms with van der Waals surface area (Å²) in [6.45, 7) is 6.46. The van der Waals surface area contributed by atoms with Crippen LogP contribution in [0.4, 0.5) is 0 Å². The number of allylic oxidation sites excluding steroid dienone is 1. The Morgan fingerprint density at radius 1 is 1.27 bits per heavy atom. The predicted molar refractivity (Wildman–Crippen MR) is 124 cm³/mol. The average Bonchev–Trinajstić information content (AvgIpc) is 3.18. The minimum atomic E-state index is -0.391. The molecule has 1 aliphatic rings. The number of hydrogen-bond acceptors (Lipinski definition) is 4. The Hall–Kier alpha value is -2.34. The molecule has 1 fully saturated rings. The second kappa shape index (κ2) is 13.8. The molecule has 0 radical (unpaired) electrons. The van der Waals surface area contributed by atoms with Crippen molar-refractivity contribution in [3.8, 4) is 0 Å². The first-order chi connectivity index (χ1) is 14.3. The summed E-state index contributed by atoms with van der Waals surface area (Å²) in [4.78, 5) is 22.7. The highest BCUT2D eigenvalue weighted by Gasteiger charge is 2.18.